The minimum absolute atomic E-state index is 0.0197. The number of thioether (sulfide) groups is 1. The molecular formula is C53H50ClN5O7S2. The molecule has 2 amide bonds. The Labute approximate surface area is 408 Å². The summed E-state index contributed by atoms with van der Waals surface area (Å²) in [5.41, 5.74) is 1.27. The number of hydrogen-bond acceptors (Lipinski definition) is 12. The first-order valence-corrected chi connectivity index (χ1v) is 24.4. The Morgan fingerprint density at radius 2 is 1.28 bits per heavy atom. The Morgan fingerprint density at radius 1 is 0.779 bits per heavy atom. The van der Waals surface area contributed by atoms with Gasteiger partial charge in [-0.05, 0) is 68.0 Å². The Morgan fingerprint density at radius 3 is 1.76 bits per heavy atom. The number of anilines is 1. The Hall–Kier alpha value is -6.74. The molecule has 2 N–H and O–H groups in total. The third kappa shape index (κ3) is 10.1. The van der Waals surface area contributed by atoms with Crippen LogP contribution in [-0.4, -0.2) is 73.6 Å². The molecule has 2 aliphatic rings. The van der Waals surface area contributed by atoms with Gasteiger partial charge in [0.25, 0.3) is 11.8 Å². The number of esters is 2. The molecule has 0 aliphatic carbocycles. The molecule has 8 rings (SSSR count). The van der Waals surface area contributed by atoms with Gasteiger partial charge in [-0.3, -0.25) is 14.5 Å². The van der Waals surface area contributed by atoms with Crippen LogP contribution in [0.5, 0.6) is 0 Å². The zero-order valence-corrected chi connectivity index (χ0v) is 40.4. The molecule has 6 aromatic rings. The van der Waals surface area contributed by atoms with Crippen molar-refractivity contribution in [3.63, 3.8) is 0 Å². The van der Waals surface area contributed by atoms with Crippen molar-refractivity contribution in [2.45, 2.75) is 68.9 Å². The number of amides is 2. The quantitative estimate of drug-likeness (QED) is 0.0240. The molecule has 12 nitrogen and oxygen atoms in total. The topological polar surface area (TPSA) is 149 Å². The van der Waals surface area contributed by atoms with Gasteiger partial charge in [-0.25, -0.2) is 14.6 Å². The van der Waals surface area contributed by atoms with Crippen LogP contribution in [0.15, 0.2) is 173 Å². The lowest BCUT2D eigenvalue weighted by Gasteiger charge is -2.49. The van der Waals surface area contributed by atoms with E-state index in [0.717, 1.165) is 27.8 Å². The zero-order chi connectivity index (χ0) is 48.1. The number of fused-ring (bicyclic) bond motifs is 1. The highest BCUT2D eigenvalue weighted by molar-refractivity contribution is 8.00. The van der Waals surface area contributed by atoms with Gasteiger partial charge in [0, 0.05) is 17.0 Å². The highest BCUT2D eigenvalue weighted by Crippen LogP contribution is 2.43. The van der Waals surface area contributed by atoms with Gasteiger partial charge in [-0.1, -0.05) is 157 Å². The summed E-state index contributed by atoms with van der Waals surface area (Å²) in [6, 6.07) is 47.5. The maximum atomic E-state index is 14.6. The average Bonchev–Trinajstić information content (AvgIpc) is 3.82. The number of β-lactam (4-membered cyclic amide) rings is 1. The highest BCUT2D eigenvalue weighted by Gasteiger charge is 2.55. The van der Waals surface area contributed by atoms with Gasteiger partial charge in [0.05, 0.1) is 0 Å². The van der Waals surface area contributed by atoms with Crippen molar-refractivity contribution in [3.8, 4) is 0 Å². The summed E-state index contributed by atoms with van der Waals surface area (Å²) in [4.78, 5) is 68.6. The summed E-state index contributed by atoms with van der Waals surface area (Å²) in [5, 5.41) is 12.3. The first kappa shape index (κ1) is 47.7. The highest BCUT2D eigenvalue weighted by atomic mass is 35.5. The third-order valence-corrected chi connectivity index (χ3v) is 13.7. The molecule has 0 saturated carbocycles. The molecule has 2 atom stereocenters. The fourth-order valence-corrected chi connectivity index (χ4v) is 10.3. The van der Waals surface area contributed by atoms with Crippen LogP contribution in [-0.2, 0) is 39.0 Å². The molecule has 3 heterocycles. The minimum atomic E-state index is -1.64. The van der Waals surface area contributed by atoms with E-state index in [4.69, 9.17) is 30.9 Å². The summed E-state index contributed by atoms with van der Waals surface area (Å²) in [5.74, 6) is -2.49. The van der Waals surface area contributed by atoms with Crippen LogP contribution in [0, 0.1) is 0 Å². The van der Waals surface area contributed by atoms with E-state index in [-0.39, 0.29) is 23.0 Å². The van der Waals surface area contributed by atoms with E-state index in [1.54, 1.807) is 26.2 Å². The standard InChI is InChI=1S/C53H50ClN5O7S2/c1-51(2,3)65-49(63)52(4,5)66-58-41(40-33-68-50(55-40)57-53(37-25-15-8-16-26-37,38-27-17-9-18-28-38)39-29-19-10-20-30-39)45(60)56-42-46(61)59-43(36(31-54)32-67-47(42)59)48(62)64-44(34-21-11-6-12-22-34)35-23-13-7-14-24-35/h6-30,33,42,44,47H,31-32H2,1-5H3,(H,55,57)(H,56,60)/b58-41-/t42?,47-/m0/s1. The lowest BCUT2D eigenvalue weighted by atomic mass is 9.77. The number of aromatic nitrogens is 1. The summed E-state index contributed by atoms with van der Waals surface area (Å²) < 4.78 is 11.8. The number of carbonyl (C=O) groups excluding carboxylic acids is 4. The van der Waals surface area contributed by atoms with Gasteiger partial charge in [-0.2, -0.15) is 0 Å². The van der Waals surface area contributed by atoms with Crippen LogP contribution in [0.2, 0.25) is 0 Å². The number of carbonyl (C=O) groups is 4. The molecule has 0 bridgehead atoms. The predicted octanol–water partition coefficient (Wildman–Crippen LogP) is 9.61. The molecule has 0 radical (unpaired) electrons. The molecular weight excluding hydrogens is 918 g/mol. The van der Waals surface area contributed by atoms with Crippen LogP contribution < -0.4 is 10.6 Å². The SMILES string of the molecule is CC(C)(C)OC(=O)C(C)(C)O/N=C(\C(=O)NC1C(=O)N2C(C(=O)OC(c3ccccc3)c3ccccc3)=C(CCl)CS[C@@H]12)c1csc(NC(c2ccccc2)(c2ccccc2)c2ccccc2)n1. The van der Waals surface area contributed by atoms with E-state index in [0.29, 0.717) is 16.5 Å². The van der Waals surface area contributed by atoms with Crippen molar-refractivity contribution >= 4 is 69.3 Å². The number of nitrogens with zero attached hydrogens (tertiary/aromatic N) is 3. The van der Waals surface area contributed by atoms with Crippen molar-refractivity contribution < 1.29 is 33.5 Å². The summed E-state index contributed by atoms with van der Waals surface area (Å²) in [6.07, 6.45) is -0.770. The van der Waals surface area contributed by atoms with Gasteiger partial charge in [-0.15, -0.1) is 34.7 Å². The van der Waals surface area contributed by atoms with Crippen LogP contribution in [0.25, 0.3) is 0 Å². The normalized spacial score (nSPS) is 16.4. The van der Waals surface area contributed by atoms with Gasteiger partial charge in [0.15, 0.2) is 16.9 Å². The van der Waals surface area contributed by atoms with Gasteiger partial charge in [0.1, 0.15) is 33.9 Å². The number of thiazole rings is 1. The second-order valence-electron chi connectivity index (χ2n) is 17.6. The lowest BCUT2D eigenvalue weighted by Crippen LogP contribution is -2.71. The Bertz CT molecular complexity index is 2680. The van der Waals surface area contributed by atoms with Crippen molar-refractivity contribution in [2.24, 2.45) is 5.16 Å². The van der Waals surface area contributed by atoms with E-state index in [1.165, 1.54) is 41.8 Å². The van der Waals surface area contributed by atoms with Crippen molar-refractivity contribution in [2.75, 3.05) is 16.9 Å². The van der Waals surface area contributed by atoms with Crippen molar-refractivity contribution in [3.05, 3.63) is 202 Å². The molecule has 348 valence electrons. The fraction of sp³-hybridized carbons (Fsp3) is 0.245. The summed E-state index contributed by atoms with van der Waals surface area (Å²) in [6.45, 7) is 8.16. The van der Waals surface area contributed by atoms with Gasteiger partial charge in [0.2, 0.25) is 5.60 Å². The smallest absolute Gasteiger partial charge is 0.356 e. The van der Waals surface area contributed by atoms with E-state index in [2.05, 4.69) is 15.8 Å². The number of hydrogen-bond donors (Lipinski definition) is 2. The number of halogens is 1. The maximum absolute atomic E-state index is 14.6. The van der Waals surface area contributed by atoms with Crippen molar-refractivity contribution in [1.82, 2.24) is 15.2 Å². The fourth-order valence-electron chi connectivity index (χ4n) is 7.92. The number of rotatable bonds is 16. The Kier molecular flexibility index (Phi) is 14.2. The number of oxime groups is 1. The summed E-state index contributed by atoms with van der Waals surface area (Å²) in [7, 11) is 0. The second-order valence-corrected chi connectivity index (χ2v) is 19.8. The average molecular weight is 969 g/mol. The van der Waals surface area contributed by atoms with Crippen molar-refractivity contribution in [1.29, 1.82) is 0 Å². The summed E-state index contributed by atoms with van der Waals surface area (Å²) >= 11 is 9.01. The van der Waals surface area contributed by atoms with Gasteiger partial charge < -0.3 is 24.9 Å². The molecule has 1 aromatic heterocycles. The molecule has 15 heteroatoms. The first-order valence-electron chi connectivity index (χ1n) is 21.9. The van der Waals surface area contributed by atoms with E-state index in [9.17, 15) is 19.2 Å². The van der Waals surface area contributed by atoms with E-state index in [1.807, 2.05) is 152 Å². The molecule has 5 aromatic carbocycles. The molecule has 0 spiro atoms. The number of nitrogens with one attached hydrogen (secondary N) is 2. The van der Waals surface area contributed by atoms with Gasteiger partial charge >= 0.3 is 11.9 Å². The van der Waals surface area contributed by atoms with E-state index < -0.39 is 58.0 Å². The molecule has 1 unspecified atom stereocenters. The lowest BCUT2D eigenvalue weighted by molar-refractivity contribution is -0.179. The van der Waals surface area contributed by atoms with Crippen LogP contribution >= 0.6 is 34.7 Å². The van der Waals surface area contributed by atoms with Crippen LogP contribution in [0.1, 0.15) is 74.2 Å². The molecule has 1 saturated heterocycles. The predicted molar refractivity (Wildman–Crippen MR) is 266 cm³/mol. The number of benzene rings is 5. The monoisotopic (exact) mass is 967 g/mol. The largest absolute Gasteiger partial charge is 0.457 e. The molecule has 2 aliphatic heterocycles. The number of ether oxygens (including phenoxy) is 2. The first-order chi connectivity index (χ1) is 32.7. The molecule has 1 fully saturated rings. The molecule has 68 heavy (non-hydrogen) atoms. The van der Waals surface area contributed by atoms with E-state index >= 15 is 0 Å². The third-order valence-electron chi connectivity index (χ3n) is 11.3. The van der Waals surface area contributed by atoms with Crippen LogP contribution in [0.4, 0.5) is 5.13 Å². The Balaban J connectivity index is 1.10. The zero-order valence-electron chi connectivity index (χ0n) is 38.1. The minimum Gasteiger partial charge on any atom is -0.457 e. The second kappa shape index (κ2) is 20.2. The van der Waals surface area contributed by atoms with Crippen LogP contribution in [0.3, 0.4) is 0 Å². The maximum Gasteiger partial charge on any atom is 0.356 e. The number of alkyl halides is 1.